The number of terminal acetylenes is 1. The number of likely N-dealkylation sites (tertiary alicyclic amines) is 1. The summed E-state index contributed by atoms with van der Waals surface area (Å²) in [7, 11) is 0. The molecule has 224 valence electrons. The third-order valence-corrected chi connectivity index (χ3v) is 6.72. The van der Waals surface area contributed by atoms with Crippen LogP contribution in [0.25, 0.3) is 0 Å². The highest BCUT2D eigenvalue weighted by Gasteiger charge is 2.47. The Morgan fingerprint density at radius 2 is 1.69 bits per heavy atom. The Balaban J connectivity index is 1.81. The van der Waals surface area contributed by atoms with E-state index < -0.39 is 53.1 Å². The number of rotatable bonds is 9. The number of aliphatic hydroxyl groups is 1. The summed E-state index contributed by atoms with van der Waals surface area (Å²) >= 11 is 0. The van der Waals surface area contributed by atoms with Crippen molar-refractivity contribution in [2.75, 3.05) is 6.54 Å². The van der Waals surface area contributed by atoms with Crippen LogP contribution in [0.2, 0.25) is 0 Å². The molecule has 3 rings (SSSR count). The average Bonchev–Trinajstić information content (AvgIpc) is 3.31. The van der Waals surface area contributed by atoms with Crippen LogP contribution in [0.1, 0.15) is 58.6 Å². The second-order valence-corrected chi connectivity index (χ2v) is 12.0. The molecule has 1 fully saturated rings. The number of para-hydroxylation sites is 1. The Bertz CT molecular complexity index is 1310. The van der Waals surface area contributed by atoms with Gasteiger partial charge in [-0.2, -0.15) is 0 Å². The predicted molar refractivity (Wildman–Crippen MR) is 156 cm³/mol. The summed E-state index contributed by atoms with van der Waals surface area (Å²) in [6, 6.07) is 13.1. The molecular weight excluding hydrogens is 538 g/mol. The smallest absolute Gasteiger partial charge is 0.413 e. The first-order chi connectivity index (χ1) is 19.7. The highest BCUT2D eigenvalue weighted by Crippen LogP contribution is 2.31. The molecule has 0 bridgehead atoms. The molecule has 0 saturated carbocycles. The van der Waals surface area contributed by atoms with Gasteiger partial charge in [0.1, 0.15) is 23.4 Å². The van der Waals surface area contributed by atoms with E-state index in [-0.39, 0.29) is 31.7 Å². The highest BCUT2D eigenvalue weighted by atomic mass is 16.6. The Hall–Kier alpha value is -4.36. The molecule has 1 saturated heterocycles. The molecule has 3 N–H and O–H groups in total. The number of nitrogens with zero attached hydrogens (tertiary/aromatic N) is 1. The minimum atomic E-state index is -1.29. The second kappa shape index (κ2) is 13.5. The molecule has 0 radical (unpaired) electrons. The van der Waals surface area contributed by atoms with Gasteiger partial charge in [-0.05, 0) is 50.6 Å². The number of carbonyl (C=O) groups excluding carboxylic acids is 4. The van der Waals surface area contributed by atoms with Crippen LogP contribution in [0.4, 0.5) is 4.79 Å². The minimum Gasteiger partial charge on any atom is -0.460 e. The van der Waals surface area contributed by atoms with Crippen molar-refractivity contribution in [2.24, 2.45) is 5.41 Å². The number of hydrogen-bond acceptors (Lipinski definition) is 7. The van der Waals surface area contributed by atoms with Gasteiger partial charge in [0.25, 0.3) is 0 Å². The van der Waals surface area contributed by atoms with Crippen molar-refractivity contribution in [1.82, 2.24) is 15.5 Å². The van der Waals surface area contributed by atoms with E-state index in [4.69, 9.17) is 15.9 Å². The number of carbonyl (C=O) groups is 4. The summed E-state index contributed by atoms with van der Waals surface area (Å²) in [5.74, 6) is 1.13. The molecular formula is C32H39N3O7. The highest BCUT2D eigenvalue weighted by molar-refractivity contribution is 5.93. The first-order valence-electron chi connectivity index (χ1n) is 13.8. The topological polar surface area (TPSA) is 134 Å². The van der Waals surface area contributed by atoms with Gasteiger partial charge in [0.15, 0.2) is 0 Å². The SMILES string of the molecule is C#Cc1ccc(CNC(=O)[C@@H]2C[C@@H](O)CN2C(=O)[C@@H](NC(=O)Oc2ccccc2)C(C)(C)CC(=O)OC(C)(C)C)cc1. The number of esters is 1. The van der Waals surface area contributed by atoms with E-state index >= 15 is 0 Å². The van der Waals surface area contributed by atoms with Crippen LogP contribution >= 0.6 is 0 Å². The third kappa shape index (κ3) is 9.08. The van der Waals surface area contributed by atoms with Crippen molar-refractivity contribution in [2.45, 2.75) is 77.8 Å². The van der Waals surface area contributed by atoms with E-state index in [0.717, 1.165) is 5.56 Å². The summed E-state index contributed by atoms with van der Waals surface area (Å²) in [6.45, 7) is 8.54. The molecule has 1 aliphatic heterocycles. The zero-order valence-corrected chi connectivity index (χ0v) is 24.7. The maximum absolute atomic E-state index is 14.0. The van der Waals surface area contributed by atoms with Gasteiger partial charge < -0.3 is 30.1 Å². The van der Waals surface area contributed by atoms with Crippen LogP contribution in [0.3, 0.4) is 0 Å². The molecule has 0 unspecified atom stereocenters. The van der Waals surface area contributed by atoms with E-state index in [1.54, 1.807) is 89.2 Å². The summed E-state index contributed by atoms with van der Waals surface area (Å²) in [5, 5.41) is 15.9. The summed E-state index contributed by atoms with van der Waals surface area (Å²) in [6.07, 6.45) is 3.34. The lowest BCUT2D eigenvalue weighted by Crippen LogP contribution is -2.59. The predicted octanol–water partition coefficient (Wildman–Crippen LogP) is 3.16. The molecule has 10 heteroatoms. The van der Waals surface area contributed by atoms with Gasteiger partial charge in [0.05, 0.1) is 12.5 Å². The Labute approximate surface area is 246 Å². The van der Waals surface area contributed by atoms with Gasteiger partial charge in [0.2, 0.25) is 11.8 Å². The van der Waals surface area contributed by atoms with Crippen LogP contribution in [0.5, 0.6) is 5.75 Å². The Morgan fingerprint density at radius 3 is 2.29 bits per heavy atom. The quantitative estimate of drug-likeness (QED) is 0.308. The van der Waals surface area contributed by atoms with Crippen molar-refractivity contribution in [3.05, 3.63) is 65.7 Å². The normalized spacial score (nSPS) is 17.5. The van der Waals surface area contributed by atoms with Gasteiger partial charge in [-0.15, -0.1) is 6.42 Å². The van der Waals surface area contributed by atoms with E-state index in [0.29, 0.717) is 5.56 Å². The van der Waals surface area contributed by atoms with Crippen molar-refractivity contribution in [3.8, 4) is 18.1 Å². The minimum absolute atomic E-state index is 0.0152. The zero-order valence-electron chi connectivity index (χ0n) is 24.7. The standard InChI is InChI=1S/C32H39N3O7/c1-7-21-13-15-22(16-14-21)19-33-28(38)25-17-23(36)20-35(25)29(39)27(32(5,6)18-26(37)42-31(2,3)4)34-30(40)41-24-11-9-8-10-12-24/h1,8-16,23,25,27,36H,17-20H2,2-6H3,(H,33,38)(H,34,40)/t23-,25+,27-/m1/s1. The molecule has 3 atom stereocenters. The van der Waals surface area contributed by atoms with E-state index in [9.17, 15) is 24.3 Å². The number of hydrogen-bond donors (Lipinski definition) is 3. The Morgan fingerprint density at radius 1 is 1.05 bits per heavy atom. The summed E-state index contributed by atoms with van der Waals surface area (Å²) in [4.78, 5) is 54.2. The lowest BCUT2D eigenvalue weighted by molar-refractivity contribution is -0.158. The summed E-state index contributed by atoms with van der Waals surface area (Å²) < 4.78 is 10.8. The van der Waals surface area contributed by atoms with Gasteiger partial charge in [-0.25, -0.2) is 4.79 Å². The first-order valence-corrected chi connectivity index (χ1v) is 13.8. The van der Waals surface area contributed by atoms with Crippen molar-refractivity contribution in [3.63, 3.8) is 0 Å². The fourth-order valence-corrected chi connectivity index (χ4v) is 4.68. The van der Waals surface area contributed by atoms with Gasteiger partial charge in [0, 0.05) is 30.5 Å². The average molecular weight is 578 g/mol. The molecule has 1 aliphatic rings. The van der Waals surface area contributed by atoms with Gasteiger partial charge in [-0.1, -0.05) is 50.1 Å². The van der Waals surface area contributed by atoms with Crippen LogP contribution in [0.15, 0.2) is 54.6 Å². The second-order valence-electron chi connectivity index (χ2n) is 12.0. The fraction of sp³-hybridized carbons (Fsp3) is 0.438. The molecule has 0 aliphatic carbocycles. The van der Waals surface area contributed by atoms with Crippen molar-refractivity contribution in [1.29, 1.82) is 0 Å². The molecule has 3 amide bonds. The van der Waals surface area contributed by atoms with Gasteiger partial charge >= 0.3 is 12.1 Å². The lowest BCUT2D eigenvalue weighted by atomic mass is 9.80. The van der Waals surface area contributed by atoms with E-state index in [2.05, 4.69) is 16.6 Å². The first kappa shape index (κ1) is 32.2. The molecule has 2 aromatic carbocycles. The Kier molecular flexibility index (Phi) is 10.4. The maximum atomic E-state index is 14.0. The number of ether oxygens (including phenoxy) is 2. The van der Waals surface area contributed by atoms with Crippen LogP contribution in [0, 0.1) is 17.8 Å². The largest absolute Gasteiger partial charge is 0.460 e. The van der Waals surface area contributed by atoms with E-state index in [1.807, 2.05) is 0 Å². The van der Waals surface area contributed by atoms with Crippen LogP contribution in [-0.4, -0.2) is 64.2 Å². The number of amides is 3. The summed E-state index contributed by atoms with van der Waals surface area (Å²) in [5.41, 5.74) is -0.405. The zero-order chi connectivity index (χ0) is 31.1. The lowest BCUT2D eigenvalue weighted by Gasteiger charge is -2.37. The van der Waals surface area contributed by atoms with Crippen LogP contribution in [-0.2, 0) is 25.7 Å². The van der Waals surface area contributed by atoms with Gasteiger partial charge in [-0.3, -0.25) is 14.4 Å². The van der Waals surface area contributed by atoms with E-state index in [1.165, 1.54) is 4.90 Å². The fourth-order valence-electron chi connectivity index (χ4n) is 4.68. The number of nitrogens with one attached hydrogen (secondary N) is 2. The van der Waals surface area contributed by atoms with Crippen molar-refractivity contribution >= 4 is 23.9 Å². The number of benzene rings is 2. The number of aliphatic hydroxyl groups excluding tert-OH is 1. The van der Waals surface area contributed by atoms with Crippen molar-refractivity contribution < 1.29 is 33.8 Å². The third-order valence-electron chi connectivity index (χ3n) is 6.72. The maximum Gasteiger partial charge on any atom is 0.413 e. The molecule has 0 spiro atoms. The molecule has 2 aromatic rings. The number of β-amino-alcohol motifs (C(OH)–C–C–N with tert-alkyl or cyclic N) is 1. The monoisotopic (exact) mass is 577 g/mol. The molecule has 1 heterocycles. The molecule has 42 heavy (non-hydrogen) atoms. The molecule has 10 nitrogen and oxygen atoms in total. The van der Waals surface area contributed by atoms with Crippen LogP contribution < -0.4 is 15.4 Å². The molecule has 0 aromatic heterocycles.